The van der Waals surface area contributed by atoms with E-state index >= 15 is 0 Å². The van der Waals surface area contributed by atoms with Gasteiger partial charge >= 0.3 is 0 Å². The number of aromatic nitrogens is 3. The Labute approximate surface area is 156 Å². The van der Waals surface area contributed by atoms with E-state index in [1.54, 1.807) is 25.3 Å². The number of allylic oxidation sites excluding steroid dienone is 1. The molecule has 3 heterocycles. The summed E-state index contributed by atoms with van der Waals surface area (Å²) in [4.78, 5) is 10.9. The van der Waals surface area contributed by atoms with Crippen molar-refractivity contribution in [1.29, 1.82) is 0 Å². The van der Waals surface area contributed by atoms with Crippen LogP contribution >= 0.6 is 11.3 Å². The van der Waals surface area contributed by atoms with E-state index in [0.717, 1.165) is 23.1 Å². The van der Waals surface area contributed by atoms with Crippen molar-refractivity contribution in [3.63, 3.8) is 0 Å². The van der Waals surface area contributed by atoms with Gasteiger partial charge in [0, 0.05) is 25.1 Å². The monoisotopic (exact) mass is 386 g/mol. The molecule has 1 aromatic carbocycles. The molecule has 0 radical (unpaired) electrons. The van der Waals surface area contributed by atoms with E-state index in [9.17, 15) is 8.42 Å². The molecule has 0 bridgehead atoms. The molecule has 0 amide bonds. The molecule has 134 valence electrons. The fourth-order valence-corrected chi connectivity index (χ4v) is 5.90. The van der Waals surface area contributed by atoms with Gasteiger partial charge in [-0.3, -0.25) is 0 Å². The van der Waals surface area contributed by atoms with E-state index in [-0.39, 0.29) is 0 Å². The summed E-state index contributed by atoms with van der Waals surface area (Å²) in [6.45, 7) is 4.99. The minimum absolute atomic E-state index is 0.295. The fraction of sp³-hybridized carbons (Fsp3) is 0.222. The van der Waals surface area contributed by atoms with Crippen LogP contribution in [-0.2, 0) is 22.9 Å². The second kappa shape index (κ2) is 6.37. The van der Waals surface area contributed by atoms with E-state index < -0.39 is 9.84 Å². The normalized spacial score (nSPS) is 13.8. The molecule has 0 N–H and O–H groups in total. The Kier molecular flexibility index (Phi) is 4.16. The molecule has 0 atom stereocenters. The predicted octanol–water partition coefficient (Wildman–Crippen LogP) is 3.32. The van der Waals surface area contributed by atoms with Gasteiger partial charge in [-0.05, 0) is 37.6 Å². The van der Waals surface area contributed by atoms with Crippen LogP contribution < -0.4 is 4.90 Å². The Bertz CT molecular complexity index is 1080. The average Bonchev–Trinajstić information content (AvgIpc) is 3.22. The zero-order chi connectivity index (χ0) is 18.3. The third-order valence-corrected chi connectivity index (χ3v) is 7.68. The van der Waals surface area contributed by atoms with Crippen LogP contribution in [0.3, 0.4) is 0 Å². The van der Waals surface area contributed by atoms with Gasteiger partial charge in [0.1, 0.15) is 4.21 Å². The molecule has 2 aromatic heterocycles. The van der Waals surface area contributed by atoms with Crippen molar-refractivity contribution in [2.24, 2.45) is 0 Å². The predicted molar refractivity (Wildman–Crippen MR) is 101 cm³/mol. The molecule has 0 spiro atoms. The van der Waals surface area contributed by atoms with Gasteiger partial charge in [0.15, 0.2) is 0 Å². The number of rotatable bonds is 4. The van der Waals surface area contributed by atoms with Crippen LogP contribution in [0.4, 0.5) is 5.95 Å². The maximum absolute atomic E-state index is 12.8. The Hall–Kier alpha value is -2.45. The lowest BCUT2D eigenvalue weighted by Gasteiger charge is -2.23. The second-order valence-corrected chi connectivity index (χ2v) is 9.49. The Balaban J connectivity index is 1.59. The number of nitrogens with zero attached hydrogens (tertiary/aromatic N) is 4. The Morgan fingerprint density at radius 1 is 1.19 bits per heavy atom. The van der Waals surface area contributed by atoms with Gasteiger partial charge in [0.2, 0.25) is 15.8 Å². The number of imidazole rings is 1. The van der Waals surface area contributed by atoms with Gasteiger partial charge in [-0.1, -0.05) is 12.1 Å². The highest BCUT2D eigenvalue weighted by Gasteiger charge is 2.23. The standard InChI is InChI=1S/C18H18N4O2S2/c1-13-17(25-14(2)20-13)26(23,24)16-6-4-15(5-7-16)12-22-10-3-9-21-11-8-19-18(21)22/h3-8,10-11H,9,12H2,1-2H3. The van der Waals surface area contributed by atoms with Gasteiger partial charge < -0.3 is 9.47 Å². The maximum atomic E-state index is 12.8. The number of fused-ring (bicyclic) bond motifs is 1. The highest BCUT2D eigenvalue weighted by molar-refractivity contribution is 7.93. The van der Waals surface area contributed by atoms with Crippen LogP contribution in [0.25, 0.3) is 0 Å². The van der Waals surface area contributed by atoms with Crippen LogP contribution in [0.2, 0.25) is 0 Å². The summed E-state index contributed by atoms with van der Waals surface area (Å²) in [5.74, 6) is 0.889. The van der Waals surface area contributed by atoms with Crippen molar-refractivity contribution < 1.29 is 8.42 Å². The van der Waals surface area contributed by atoms with Crippen LogP contribution in [0.5, 0.6) is 0 Å². The Morgan fingerprint density at radius 2 is 1.96 bits per heavy atom. The molecular formula is C18H18N4O2S2. The molecule has 1 aliphatic heterocycles. The molecular weight excluding hydrogens is 368 g/mol. The molecule has 26 heavy (non-hydrogen) atoms. The van der Waals surface area contributed by atoms with E-state index in [2.05, 4.69) is 20.6 Å². The first-order valence-corrected chi connectivity index (χ1v) is 10.5. The number of aryl methyl sites for hydroxylation is 2. The van der Waals surface area contributed by atoms with Crippen molar-refractivity contribution in [3.8, 4) is 0 Å². The zero-order valence-electron chi connectivity index (χ0n) is 14.5. The molecule has 4 rings (SSSR count). The smallest absolute Gasteiger partial charge is 0.217 e. The molecule has 0 unspecified atom stereocenters. The SMILES string of the molecule is Cc1nc(C)c(S(=O)(=O)c2ccc(CN3C=CCn4ccnc43)cc2)s1. The summed E-state index contributed by atoms with van der Waals surface area (Å²) in [5.41, 5.74) is 1.57. The van der Waals surface area contributed by atoms with Crippen molar-refractivity contribution in [2.45, 2.75) is 36.0 Å². The fourth-order valence-electron chi connectivity index (χ4n) is 3.02. The number of thiazole rings is 1. The highest BCUT2D eigenvalue weighted by atomic mass is 32.2. The zero-order valence-corrected chi connectivity index (χ0v) is 16.1. The molecule has 8 heteroatoms. The maximum Gasteiger partial charge on any atom is 0.217 e. The molecule has 0 saturated carbocycles. The third kappa shape index (κ3) is 2.95. The van der Waals surface area contributed by atoms with Crippen molar-refractivity contribution in [1.82, 2.24) is 14.5 Å². The number of sulfone groups is 1. The van der Waals surface area contributed by atoms with E-state index in [4.69, 9.17) is 0 Å². The molecule has 6 nitrogen and oxygen atoms in total. The summed E-state index contributed by atoms with van der Waals surface area (Å²) < 4.78 is 28.1. The third-order valence-electron chi connectivity index (χ3n) is 4.23. The second-order valence-electron chi connectivity index (χ2n) is 6.15. The lowest BCUT2D eigenvalue weighted by atomic mass is 10.2. The highest BCUT2D eigenvalue weighted by Crippen LogP contribution is 2.29. The van der Waals surface area contributed by atoms with Crippen LogP contribution in [0, 0.1) is 13.8 Å². The Morgan fingerprint density at radius 3 is 2.65 bits per heavy atom. The van der Waals surface area contributed by atoms with E-state index in [0.29, 0.717) is 21.3 Å². The van der Waals surface area contributed by atoms with Gasteiger partial charge in [-0.2, -0.15) is 0 Å². The van der Waals surface area contributed by atoms with Crippen molar-refractivity contribution in [2.75, 3.05) is 4.90 Å². The molecule has 0 saturated heterocycles. The number of hydrogen-bond donors (Lipinski definition) is 0. The van der Waals surface area contributed by atoms with Crippen molar-refractivity contribution in [3.05, 3.63) is 65.2 Å². The van der Waals surface area contributed by atoms with Gasteiger partial charge in [0.05, 0.1) is 22.1 Å². The number of anilines is 1. The van der Waals surface area contributed by atoms with E-state index in [1.807, 2.05) is 36.4 Å². The lowest BCUT2D eigenvalue weighted by molar-refractivity contribution is 0.597. The minimum Gasteiger partial charge on any atom is -0.314 e. The summed E-state index contributed by atoms with van der Waals surface area (Å²) >= 11 is 1.21. The van der Waals surface area contributed by atoms with E-state index in [1.165, 1.54) is 11.3 Å². The van der Waals surface area contributed by atoms with Crippen LogP contribution in [0.15, 0.2) is 58.0 Å². The molecule has 0 fully saturated rings. The van der Waals surface area contributed by atoms with Crippen LogP contribution in [-0.4, -0.2) is 23.0 Å². The summed E-state index contributed by atoms with van der Waals surface area (Å²) in [6.07, 6.45) is 7.81. The number of hydrogen-bond acceptors (Lipinski definition) is 6. The topological polar surface area (TPSA) is 68.1 Å². The van der Waals surface area contributed by atoms with Gasteiger partial charge in [-0.15, -0.1) is 11.3 Å². The van der Waals surface area contributed by atoms with Crippen molar-refractivity contribution >= 4 is 27.1 Å². The largest absolute Gasteiger partial charge is 0.314 e. The minimum atomic E-state index is -3.53. The summed E-state index contributed by atoms with van der Waals surface area (Å²) in [7, 11) is -3.53. The average molecular weight is 387 g/mol. The first-order chi connectivity index (χ1) is 12.4. The molecule has 1 aliphatic rings. The molecule has 0 aliphatic carbocycles. The first-order valence-electron chi connectivity index (χ1n) is 8.17. The first kappa shape index (κ1) is 17.0. The lowest BCUT2D eigenvalue weighted by Crippen LogP contribution is -2.22. The molecule has 3 aromatic rings. The number of benzene rings is 1. The van der Waals surface area contributed by atoms with Crippen LogP contribution in [0.1, 0.15) is 16.3 Å². The van der Waals surface area contributed by atoms with Gasteiger partial charge in [-0.25, -0.2) is 18.4 Å². The summed E-state index contributed by atoms with van der Waals surface area (Å²) in [6, 6.07) is 7.04. The van der Waals surface area contributed by atoms with Gasteiger partial charge in [0.25, 0.3) is 0 Å². The quantitative estimate of drug-likeness (QED) is 0.688. The summed E-state index contributed by atoms with van der Waals surface area (Å²) in [5, 5.41) is 0.755.